The predicted octanol–water partition coefficient (Wildman–Crippen LogP) is 0.507. The van der Waals surface area contributed by atoms with Crippen LogP contribution in [0.25, 0.3) is 11.0 Å². The van der Waals surface area contributed by atoms with Gasteiger partial charge in [0.1, 0.15) is 17.7 Å². The lowest BCUT2D eigenvalue weighted by molar-refractivity contribution is -0.234. The molecule has 0 spiro atoms. The second-order valence-electron chi connectivity index (χ2n) is 8.13. The number of aliphatic hydroxyl groups excluding tert-OH is 1. The monoisotopic (exact) mass is 583 g/mol. The Bertz CT molecular complexity index is 1400. The van der Waals surface area contributed by atoms with E-state index in [0.717, 1.165) is 4.68 Å². The Morgan fingerprint density at radius 3 is 2.65 bits per heavy atom. The average molecular weight is 584 g/mol. The molecular weight excluding hydrogens is 563 g/mol. The van der Waals surface area contributed by atoms with Crippen molar-refractivity contribution in [3.8, 4) is 0 Å². The van der Waals surface area contributed by atoms with E-state index in [1.807, 2.05) is 0 Å². The number of hydrogen-bond donors (Lipinski definition) is 7. The van der Waals surface area contributed by atoms with Crippen molar-refractivity contribution in [2.75, 3.05) is 17.8 Å². The van der Waals surface area contributed by atoms with Gasteiger partial charge in [-0.25, -0.2) is 9.07 Å². The number of rotatable bonds is 9. The predicted molar refractivity (Wildman–Crippen MR) is 124 cm³/mol. The molecule has 19 heteroatoms. The molecule has 1 fully saturated rings. The van der Waals surface area contributed by atoms with Crippen LogP contribution in [-0.2, 0) is 24.9 Å². The summed E-state index contributed by atoms with van der Waals surface area (Å²) >= 11 is 6.03. The highest BCUT2D eigenvalue weighted by Gasteiger charge is 2.56. The van der Waals surface area contributed by atoms with Crippen LogP contribution in [0.2, 0.25) is 5.28 Å². The Morgan fingerprint density at radius 1 is 1.24 bits per heavy atom. The minimum absolute atomic E-state index is 0.00232. The Balaban J connectivity index is 1.56. The number of nitrogens with zero attached hydrogens (tertiary/aromatic N) is 4. The van der Waals surface area contributed by atoms with Gasteiger partial charge in [-0.05, 0) is 29.3 Å². The molecule has 1 aliphatic heterocycles. The molecule has 1 aliphatic rings. The Morgan fingerprint density at radius 2 is 1.97 bits per heavy atom. The van der Waals surface area contributed by atoms with Gasteiger partial charge in [0.15, 0.2) is 23.9 Å². The third-order valence-electron chi connectivity index (χ3n) is 5.29. The van der Waals surface area contributed by atoms with Crippen LogP contribution in [-0.4, -0.2) is 80.3 Å². The largest absolute Gasteiger partial charge is 0.383 e. The average Bonchev–Trinajstić information content (AvgIpc) is 3.27. The number of hydrogen-bond acceptors (Lipinski definition) is 11. The maximum Gasteiger partial charge on any atom is 0.340 e. The number of aliphatic hydroxyl groups is 3. The molecule has 15 nitrogen and oxygen atoms in total. The zero-order valence-corrected chi connectivity index (χ0v) is 21.0. The number of halogens is 2. The summed E-state index contributed by atoms with van der Waals surface area (Å²) in [6.45, 7) is -0.872. The van der Waals surface area contributed by atoms with Gasteiger partial charge in [-0.2, -0.15) is 15.1 Å². The molecule has 202 valence electrons. The van der Waals surface area contributed by atoms with Crippen LogP contribution in [0.3, 0.4) is 0 Å². The second kappa shape index (κ2) is 10.2. The number of aromatic nitrogens is 4. The summed E-state index contributed by atoms with van der Waals surface area (Å²) in [6, 6.07) is 5.81. The van der Waals surface area contributed by atoms with E-state index in [1.165, 1.54) is 24.4 Å². The third-order valence-corrected chi connectivity index (χ3v) is 8.92. The summed E-state index contributed by atoms with van der Waals surface area (Å²) in [5.74, 6) is -4.77. The first kappa shape index (κ1) is 28.0. The molecule has 1 saturated heterocycles. The van der Waals surface area contributed by atoms with E-state index in [0.29, 0.717) is 5.56 Å². The van der Waals surface area contributed by atoms with Crippen LogP contribution in [0.4, 0.5) is 10.2 Å². The fraction of sp³-hybridized carbons (Fsp3) is 0.389. The molecule has 4 rings (SSSR count). The van der Waals surface area contributed by atoms with Crippen molar-refractivity contribution in [2.24, 2.45) is 0 Å². The second-order valence-corrected chi connectivity index (χ2v) is 12.5. The van der Waals surface area contributed by atoms with E-state index in [1.54, 1.807) is 6.07 Å². The topological polar surface area (TPSA) is 230 Å². The smallest absolute Gasteiger partial charge is 0.340 e. The Hall–Kier alpha value is -2.07. The van der Waals surface area contributed by atoms with Crippen LogP contribution < -0.4 is 5.32 Å². The number of fused-ring (bicyclic) bond motifs is 1. The van der Waals surface area contributed by atoms with Crippen molar-refractivity contribution in [2.45, 2.75) is 30.8 Å². The molecule has 7 N–H and O–H groups in total. The highest BCUT2D eigenvalue weighted by Crippen LogP contribution is 2.55. The lowest BCUT2D eigenvalue weighted by atomic mass is 10.1. The van der Waals surface area contributed by atoms with Crippen molar-refractivity contribution in [1.82, 2.24) is 19.7 Å². The molecule has 3 heterocycles. The van der Waals surface area contributed by atoms with E-state index in [9.17, 15) is 33.7 Å². The zero-order chi connectivity index (χ0) is 27.2. The molecule has 4 atom stereocenters. The normalized spacial score (nSPS) is 23.3. The van der Waals surface area contributed by atoms with Gasteiger partial charge in [-0.15, -0.1) is 0 Å². The molecule has 2 aromatic heterocycles. The standard InChI is InChI=1S/C18H21ClFN5O10P2/c19-17-23-14(21-5-9-2-1-3-10(20)4-9)11-6-22-25(15(11)24-17)16-13(26)18(27,28)12(35-16)7-34-37(32,33)8-36(29,30)31/h1-4,6,12-13,16,26-28H,5,7-8H2,(H,32,33)(H,21,23,24)(H2,29,30,31)/t12-,13+,16-/m1/s1. The highest BCUT2D eigenvalue weighted by molar-refractivity contribution is 7.70. The molecule has 1 unspecified atom stereocenters. The van der Waals surface area contributed by atoms with E-state index in [2.05, 4.69) is 24.9 Å². The lowest BCUT2D eigenvalue weighted by Gasteiger charge is -2.25. The number of benzene rings is 1. The van der Waals surface area contributed by atoms with Gasteiger partial charge < -0.3 is 44.6 Å². The van der Waals surface area contributed by atoms with Gasteiger partial charge in [0.05, 0.1) is 18.2 Å². The SMILES string of the molecule is O=P(O)(O)CP(=O)(O)OC[C@H]1O[C@@H](n2ncc3c(NCc4cccc(F)c4)nc(Cl)nc32)[C@H](O)C1(O)O. The molecule has 1 aromatic carbocycles. The van der Waals surface area contributed by atoms with Crippen molar-refractivity contribution in [1.29, 1.82) is 0 Å². The third kappa shape index (κ3) is 6.33. The Labute approximate surface area is 212 Å². The fourth-order valence-corrected chi connectivity index (χ4v) is 6.33. The van der Waals surface area contributed by atoms with Crippen LogP contribution >= 0.6 is 26.8 Å². The summed E-state index contributed by atoms with van der Waals surface area (Å²) in [5, 5.41) is 38.3. The maximum absolute atomic E-state index is 13.5. The first-order chi connectivity index (χ1) is 17.2. The van der Waals surface area contributed by atoms with Crippen molar-refractivity contribution in [3.63, 3.8) is 0 Å². The van der Waals surface area contributed by atoms with Crippen LogP contribution in [0, 0.1) is 5.82 Å². The quantitative estimate of drug-likeness (QED) is 0.103. The van der Waals surface area contributed by atoms with Crippen LogP contribution in [0.15, 0.2) is 30.5 Å². The molecule has 37 heavy (non-hydrogen) atoms. The minimum atomic E-state index is -4.93. The van der Waals surface area contributed by atoms with Gasteiger partial charge in [-0.1, -0.05) is 12.1 Å². The summed E-state index contributed by atoms with van der Waals surface area (Å²) in [4.78, 5) is 35.5. The molecule has 0 saturated carbocycles. The summed E-state index contributed by atoms with van der Waals surface area (Å²) in [6.07, 6.45) is -4.26. The van der Waals surface area contributed by atoms with E-state index in [-0.39, 0.29) is 28.7 Å². The summed E-state index contributed by atoms with van der Waals surface area (Å²) < 4.78 is 47.4. The summed E-state index contributed by atoms with van der Waals surface area (Å²) in [7, 11) is -9.78. The minimum Gasteiger partial charge on any atom is -0.383 e. The fourth-order valence-electron chi connectivity index (χ4n) is 3.61. The van der Waals surface area contributed by atoms with E-state index in [4.69, 9.17) is 26.1 Å². The molecule has 0 radical (unpaired) electrons. The first-order valence-electron chi connectivity index (χ1n) is 10.3. The van der Waals surface area contributed by atoms with Crippen molar-refractivity contribution >= 4 is 43.6 Å². The zero-order valence-electron chi connectivity index (χ0n) is 18.5. The highest BCUT2D eigenvalue weighted by atomic mass is 35.5. The van der Waals surface area contributed by atoms with Crippen molar-refractivity contribution < 1.29 is 52.8 Å². The molecule has 3 aromatic rings. The van der Waals surface area contributed by atoms with E-state index >= 15 is 0 Å². The molecule has 0 bridgehead atoms. The number of ether oxygens (including phenoxy) is 1. The van der Waals surface area contributed by atoms with Crippen LogP contribution in [0.5, 0.6) is 0 Å². The molecule has 0 amide bonds. The maximum atomic E-state index is 13.5. The van der Waals surface area contributed by atoms with Gasteiger partial charge in [0, 0.05) is 6.54 Å². The van der Waals surface area contributed by atoms with Crippen LogP contribution in [0.1, 0.15) is 11.8 Å². The number of anilines is 1. The summed E-state index contributed by atoms with van der Waals surface area (Å²) in [5.41, 5.74) is 0.593. The number of nitrogens with one attached hydrogen (secondary N) is 1. The first-order valence-corrected chi connectivity index (χ1v) is 14.3. The van der Waals surface area contributed by atoms with Gasteiger partial charge in [0.2, 0.25) is 11.1 Å². The van der Waals surface area contributed by atoms with Gasteiger partial charge in [-0.3, -0.25) is 9.13 Å². The lowest BCUT2D eigenvalue weighted by Crippen LogP contribution is -2.49. The van der Waals surface area contributed by atoms with Crippen molar-refractivity contribution in [3.05, 3.63) is 47.1 Å². The van der Waals surface area contributed by atoms with Gasteiger partial charge in [0.25, 0.3) is 0 Å². The molecule has 0 aliphatic carbocycles. The van der Waals surface area contributed by atoms with E-state index < -0.39 is 57.7 Å². The van der Waals surface area contributed by atoms with Gasteiger partial charge >= 0.3 is 15.2 Å². The molecular formula is C18H21ClFN5O10P2. The Kier molecular flexibility index (Phi) is 7.74.